The number of nitrogens with zero attached hydrogens (tertiary/aromatic N) is 6. The van der Waals surface area contributed by atoms with Crippen LogP contribution in [0.3, 0.4) is 0 Å². The van der Waals surface area contributed by atoms with Crippen molar-refractivity contribution in [2.24, 2.45) is 0 Å². The number of hydrogen-bond donors (Lipinski definition) is 2. The predicted octanol–water partition coefficient (Wildman–Crippen LogP) is -0.401. The maximum atomic E-state index is 12.1. The van der Waals surface area contributed by atoms with Gasteiger partial charge in [0.1, 0.15) is 24.2 Å². The van der Waals surface area contributed by atoms with Crippen LogP contribution in [0.1, 0.15) is 10.5 Å². The van der Waals surface area contributed by atoms with Gasteiger partial charge in [0.2, 0.25) is 5.95 Å². The van der Waals surface area contributed by atoms with E-state index in [9.17, 15) is 4.79 Å². The van der Waals surface area contributed by atoms with Crippen molar-refractivity contribution < 1.29 is 4.79 Å². The van der Waals surface area contributed by atoms with Crippen LogP contribution in [-0.2, 0) is 0 Å². The van der Waals surface area contributed by atoms with Crippen molar-refractivity contribution in [3.63, 3.8) is 0 Å². The van der Waals surface area contributed by atoms with Crippen LogP contribution in [0.25, 0.3) is 0 Å². The first kappa shape index (κ1) is 13.4. The highest BCUT2D eigenvalue weighted by Crippen LogP contribution is 2.13. The molecular weight excluding hydrogens is 272 g/mol. The third kappa shape index (κ3) is 3.14. The van der Waals surface area contributed by atoms with Gasteiger partial charge < -0.3 is 9.80 Å². The summed E-state index contributed by atoms with van der Waals surface area (Å²) in [5, 5.41) is 8.83. The third-order valence-corrected chi connectivity index (χ3v) is 3.36. The Kier molecular flexibility index (Phi) is 3.73. The molecule has 1 aliphatic heterocycles. The van der Waals surface area contributed by atoms with E-state index < -0.39 is 0 Å². The zero-order valence-corrected chi connectivity index (χ0v) is 11.7. The second kappa shape index (κ2) is 5.83. The summed E-state index contributed by atoms with van der Waals surface area (Å²) in [5.74, 6) is 0.713. The number of amides is 1. The summed E-state index contributed by atoms with van der Waals surface area (Å²) in [4.78, 5) is 28.6. The van der Waals surface area contributed by atoms with Gasteiger partial charge in [0.15, 0.2) is 0 Å². The Morgan fingerprint density at radius 3 is 2.71 bits per heavy atom. The van der Waals surface area contributed by atoms with E-state index in [4.69, 9.17) is 0 Å². The molecule has 0 radical (unpaired) electrons. The summed E-state index contributed by atoms with van der Waals surface area (Å²) in [6.07, 6.45) is 2.73. The largest absolute Gasteiger partial charge is 0.354 e. The number of nitrogens with one attached hydrogen (secondary N) is 2. The van der Waals surface area contributed by atoms with Crippen LogP contribution < -0.4 is 10.2 Å². The van der Waals surface area contributed by atoms with Crippen molar-refractivity contribution in [1.82, 2.24) is 30.0 Å². The number of rotatable bonds is 3. The quantitative estimate of drug-likeness (QED) is 0.792. The lowest BCUT2D eigenvalue weighted by Gasteiger charge is -2.33. The van der Waals surface area contributed by atoms with Crippen molar-refractivity contribution in [2.45, 2.75) is 0 Å². The zero-order valence-electron chi connectivity index (χ0n) is 11.7. The number of carbonyl (C=O) groups excluding carboxylic acids is 1. The van der Waals surface area contributed by atoms with Gasteiger partial charge in [0.05, 0.1) is 0 Å². The fourth-order valence-electron chi connectivity index (χ4n) is 2.12. The number of aromatic nitrogens is 5. The minimum Gasteiger partial charge on any atom is -0.354 e. The molecule has 0 saturated carbocycles. The van der Waals surface area contributed by atoms with Crippen LogP contribution in [0.2, 0.25) is 0 Å². The molecular formula is C12H16N8O. The molecule has 2 N–H and O–H groups in total. The highest BCUT2D eigenvalue weighted by molar-refractivity contribution is 6.02. The van der Waals surface area contributed by atoms with Crippen LogP contribution in [-0.4, -0.2) is 69.2 Å². The second-order valence-electron chi connectivity index (χ2n) is 4.84. The number of likely N-dealkylation sites (N-methyl/N-ethyl adjacent to an activating group) is 1. The Balaban J connectivity index is 1.72. The maximum Gasteiger partial charge on any atom is 0.276 e. The van der Waals surface area contributed by atoms with E-state index in [1.165, 1.54) is 12.7 Å². The SMILES string of the molecule is CN1CCN(c2cc(C(=O)Nc3ncn[nH]3)ncn2)CC1. The first-order valence-electron chi connectivity index (χ1n) is 6.64. The molecule has 1 fully saturated rings. The van der Waals surface area contributed by atoms with Crippen molar-refractivity contribution in [3.8, 4) is 0 Å². The highest BCUT2D eigenvalue weighted by atomic mass is 16.2. The fraction of sp³-hybridized carbons (Fsp3) is 0.417. The van der Waals surface area contributed by atoms with Crippen LogP contribution in [0.4, 0.5) is 11.8 Å². The molecule has 110 valence electrons. The summed E-state index contributed by atoms with van der Waals surface area (Å²) in [6.45, 7) is 3.72. The molecule has 9 nitrogen and oxygen atoms in total. The number of hydrogen-bond acceptors (Lipinski definition) is 7. The Morgan fingerprint density at radius 2 is 2.00 bits per heavy atom. The monoisotopic (exact) mass is 288 g/mol. The number of piperazine rings is 1. The fourth-order valence-corrected chi connectivity index (χ4v) is 2.12. The van der Waals surface area contributed by atoms with E-state index in [1.54, 1.807) is 6.07 Å². The number of H-pyrrole nitrogens is 1. The van der Waals surface area contributed by atoms with Gasteiger partial charge in [-0.15, -0.1) is 0 Å². The van der Waals surface area contributed by atoms with Crippen molar-refractivity contribution in [2.75, 3.05) is 43.4 Å². The molecule has 2 aromatic heterocycles. The summed E-state index contributed by atoms with van der Waals surface area (Å²) in [5.41, 5.74) is 0.301. The highest BCUT2D eigenvalue weighted by Gasteiger charge is 2.17. The van der Waals surface area contributed by atoms with Gasteiger partial charge in [-0.25, -0.2) is 15.1 Å². The van der Waals surface area contributed by atoms with E-state index >= 15 is 0 Å². The minimum absolute atomic E-state index is 0.291. The van der Waals surface area contributed by atoms with Gasteiger partial charge >= 0.3 is 0 Å². The summed E-state index contributed by atoms with van der Waals surface area (Å²) >= 11 is 0. The Hall–Kier alpha value is -2.55. The average molecular weight is 288 g/mol. The number of carbonyl (C=O) groups is 1. The van der Waals surface area contributed by atoms with Gasteiger partial charge in [-0.1, -0.05) is 0 Å². The third-order valence-electron chi connectivity index (χ3n) is 3.36. The summed E-state index contributed by atoms with van der Waals surface area (Å²) < 4.78 is 0. The van der Waals surface area contributed by atoms with Gasteiger partial charge in [0, 0.05) is 32.2 Å². The molecule has 0 unspecified atom stereocenters. The second-order valence-corrected chi connectivity index (χ2v) is 4.84. The normalized spacial score (nSPS) is 16.0. The molecule has 1 aliphatic rings. The Labute approximate surface area is 121 Å². The number of anilines is 2. The predicted molar refractivity (Wildman–Crippen MR) is 76.1 cm³/mol. The topological polar surface area (TPSA) is 103 Å². The van der Waals surface area contributed by atoms with Crippen molar-refractivity contribution in [1.29, 1.82) is 0 Å². The van der Waals surface area contributed by atoms with E-state index in [-0.39, 0.29) is 5.91 Å². The van der Waals surface area contributed by atoms with Crippen molar-refractivity contribution >= 4 is 17.7 Å². The molecule has 0 aromatic carbocycles. The van der Waals surface area contributed by atoms with E-state index in [0.29, 0.717) is 11.6 Å². The molecule has 0 bridgehead atoms. The summed E-state index contributed by atoms with van der Waals surface area (Å²) in [6, 6.07) is 1.69. The lowest BCUT2D eigenvalue weighted by molar-refractivity contribution is 0.102. The maximum absolute atomic E-state index is 12.1. The van der Waals surface area contributed by atoms with Crippen LogP contribution in [0, 0.1) is 0 Å². The van der Waals surface area contributed by atoms with Gasteiger partial charge in [-0.3, -0.25) is 10.1 Å². The molecule has 9 heteroatoms. The van der Waals surface area contributed by atoms with E-state index in [2.05, 4.69) is 47.3 Å². The molecule has 3 rings (SSSR count). The van der Waals surface area contributed by atoms with E-state index in [1.807, 2.05) is 0 Å². The Morgan fingerprint density at radius 1 is 1.19 bits per heavy atom. The lowest BCUT2D eigenvalue weighted by atomic mass is 10.3. The summed E-state index contributed by atoms with van der Waals surface area (Å²) in [7, 11) is 2.09. The minimum atomic E-state index is -0.343. The van der Waals surface area contributed by atoms with Gasteiger partial charge in [0.25, 0.3) is 5.91 Å². The average Bonchev–Trinajstić information content (AvgIpc) is 3.01. The molecule has 0 atom stereocenters. The molecule has 0 aliphatic carbocycles. The van der Waals surface area contributed by atoms with Gasteiger partial charge in [-0.2, -0.15) is 10.1 Å². The van der Waals surface area contributed by atoms with Crippen LogP contribution >= 0.6 is 0 Å². The first-order chi connectivity index (χ1) is 10.2. The molecule has 1 amide bonds. The molecule has 21 heavy (non-hydrogen) atoms. The van der Waals surface area contributed by atoms with Crippen LogP contribution in [0.15, 0.2) is 18.7 Å². The first-order valence-corrected chi connectivity index (χ1v) is 6.64. The smallest absolute Gasteiger partial charge is 0.276 e. The van der Waals surface area contributed by atoms with Crippen LogP contribution in [0.5, 0.6) is 0 Å². The van der Waals surface area contributed by atoms with Gasteiger partial charge in [-0.05, 0) is 7.05 Å². The molecule has 1 saturated heterocycles. The standard InChI is InChI=1S/C12H16N8O/c1-19-2-4-20(5-3-19)10-6-9(13-7-14-10)11(21)17-12-15-8-16-18-12/h6-8H,2-5H2,1H3,(H2,15,16,17,18,21). The molecule has 0 spiro atoms. The van der Waals surface area contributed by atoms with E-state index in [0.717, 1.165) is 32.0 Å². The van der Waals surface area contributed by atoms with Crippen molar-refractivity contribution in [3.05, 3.63) is 24.4 Å². The lowest BCUT2D eigenvalue weighted by Crippen LogP contribution is -2.44. The zero-order chi connectivity index (χ0) is 14.7. The number of aromatic amines is 1. The molecule has 2 aromatic rings. The molecule has 3 heterocycles. The Bertz CT molecular complexity index is 605.